The summed E-state index contributed by atoms with van der Waals surface area (Å²) in [7, 11) is 0. The molecule has 2 atom stereocenters. The molecule has 0 aromatic heterocycles. The van der Waals surface area contributed by atoms with Crippen molar-refractivity contribution in [3.8, 4) is 0 Å². The molecule has 2 rings (SSSR count). The third-order valence-corrected chi connectivity index (χ3v) is 4.46. The molecule has 1 aromatic rings. The van der Waals surface area contributed by atoms with Gasteiger partial charge in [-0.15, -0.1) is 11.8 Å². The van der Waals surface area contributed by atoms with Gasteiger partial charge in [0.25, 0.3) is 0 Å². The zero-order valence-corrected chi connectivity index (χ0v) is 10.1. The summed E-state index contributed by atoms with van der Waals surface area (Å²) in [4.78, 5) is 1.18. The highest BCUT2D eigenvalue weighted by Gasteiger charge is 2.23. The first kappa shape index (κ1) is 12.0. The van der Waals surface area contributed by atoms with Gasteiger partial charge < -0.3 is 10.2 Å². The van der Waals surface area contributed by atoms with Gasteiger partial charge in [-0.2, -0.15) is 0 Å². The number of thioether (sulfide) groups is 1. The summed E-state index contributed by atoms with van der Waals surface area (Å²) in [6.07, 6.45) is 4.27. The van der Waals surface area contributed by atoms with Gasteiger partial charge in [0.15, 0.2) is 0 Å². The molecular weight excluding hydrogens is 220 g/mol. The molecule has 2 unspecified atom stereocenters. The van der Waals surface area contributed by atoms with Crippen LogP contribution in [0, 0.1) is 0 Å². The number of benzene rings is 1. The third-order valence-electron chi connectivity index (χ3n) is 3.06. The SMILES string of the molecule is OCc1ccc(SC2CCCCC2O)cc1. The number of aliphatic hydroxyl groups is 2. The van der Waals surface area contributed by atoms with E-state index in [1.165, 1.54) is 11.3 Å². The first-order valence-corrected chi connectivity index (χ1v) is 6.72. The van der Waals surface area contributed by atoms with E-state index in [0.717, 1.165) is 24.8 Å². The molecule has 2 N–H and O–H groups in total. The summed E-state index contributed by atoms with van der Waals surface area (Å²) < 4.78 is 0. The van der Waals surface area contributed by atoms with Crippen LogP contribution in [0.15, 0.2) is 29.2 Å². The molecule has 0 saturated heterocycles. The van der Waals surface area contributed by atoms with Crippen LogP contribution in [-0.4, -0.2) is 21.6 Å². The van der Waals surface area contributed by atoms with Gasteiger partial charge in [-0.3, -0.25) is 0 Å². The zero-order valence-electron chi connectivity index (χ0n) is 9.30. The van der Waals surface area contributed by atoms with Crippen molar-refractivity contribution >= 4 is 11.8 Å². The minimum absolute atomic E-state index is 0.0942. The summed E-state index contributed by atoms with van der Waals surface area (Å²) >= 11 is 1.76. The molecular formula is C13H18O2S. The lowest BCUT2D eigenvalue weighted by molar-refractivity contribution is 0.137. The average molecular weight is 238 g/mol. The van der Waals surface area contributed by atoms with Crippen LogP contribution in [0.25, 0.3) is 0 Å². The lowest BCUT2D eigenvalue weighted by atomic mass is 9.97. The van der Waals surface area contributed by atoms with Crippen molar-refractivity contribution in [2.24, 2.45) is 0 Å². The van der Waals surface area contributed by atoms with E-state index in [1.54, 1.807) is 11.8 Å². The molecule has 88 valence electrons. The highest BCUT2D eigenvalue weighted by Crippen LogP contribution is 2.33. The highest BCUT2D eigenvalue weighted by molar-refractivity contribution is 8.00. The van der Waals surface area contributed by atoms with Crippen LogP contribution in [0.4, 0.5) is 0 Å². The van der Waals surface area contributed by atoms with Crippen LogP contribution >= 0.6 is 11.8 Å². The minimum atomic E-state index is -0.156. The number of rotatable bonds is 3. The quantitative estimate of drug-likeness (QED) is 0.850. The van der Waals surface area contributed by atoms with Gasteiger partial charge in [-0.05, 0) is 30.5 Å². The normalized spacial score (nSPS) is 25.6. The number of hydrogen-bond acceptors (Lipinski definition) is 3. The molecule has 1 aromatic carbocycles. The Bertz CT molecular complexity index is 323. The molecule has 1 saturated carbocycles. The predicted molar refractivity (Wildman–Crippen MR) is 66.5 cm³/mol. The summed E-state index contributed by atoms with van der Waals surface area (Å²) in [6, 6.07) is 7.93. The number of hydrogen-bond donors (Lipinski definition) is 2. The van der Waals surface area contributed by atoms with Crippen LogP contribution < -0.4 is 0 Å². The van der Waals surface area contributed by atoms with Gasteiger partial charge in [0.05, 0.1) is 12.7 Å². The zero-order chi connectivity index (χ0) is 11.4. The Hall–Kier alpha value is -0.510. The highest BCUT2D eigenvalue weighted by atomic mass is 32.2. The van der Waals surface area contributed by atoms with Crippen molar-refractivity contribution in [2.75, 3.05) is 0 Å². The van der Waals surface area contributed by atoms with E-state index >= 15 is 0 Å². The Kier molecular flexibility index (Phi) is 4.27. The van der Waals surface area contributed by atoms with Crippen LogP contribution in [0.1, 0.15) is 31.2 Å². The van der Waals surface area contributed by atoms with E-state index in [2.05, 4.69) is 0 Å². The molecule has 0 amide bonds. The summed E-state index contributed by atoms with van der Waals surface area (Å²) in [5.41, 5.74) is 0.938. The van der Waals surface area contributed by atoms with Crippen LogP contribution in [0.5, 0.6) is 0 Å². The predicted octanol–water partition coefficient (Wildman–Crippen LogP) is 2.57. The summed E-state index contributed by atoms with van der Waals surface area (Å²) in [6.45, 7) is 0.0942. The van der Waals surface area contributed by atoms with Crippen molar-refractivity contribution in [1.82, 2.24) is 0 Å². The maximum absolute atomic E-state index is 9.87. The van der Waals surface area contributed by atoms with Gasteiger partial charge >= 0.3 is 0 Å². The summed E-state index contributed by atoms with van der Waals surface area (Å²) in [5.74, 6) is 0. The fourth-order valence-corrected chi connectivity index (χ4v) is 3.28. The molecule has 0 aliphatic heterocycles. The second-order valence-electron chi connectivity index (χ2n) is 4.31. The van der Waals surface area contributed by atoms with E-state index < -0.39 is 0 Å². The second-order valence-corrected chi connectivity index (χ2v) is 5.62. The maximum atomic E-state index is 9.87. The monoisotopic (exact) mass is 238 g/mol. The Morgan fingerprint density at radius 2 is 1.81 bits per heavy atom. The fourth-order valence-electron chi connectivity index (χ4n) is 2.06. The van der Waals surface area contributed by atoms with Crippen molar-refractivity contribution in [3.05, 3.63) is 29.8 Å². The Balaban J connectivity index is 1.96. The Morgan fingerprint density at radius 1 is 1.12 bits per heavy atom. The van der Waals surface area contributed by atoms with Crippen molar-refractivity contribution < 1.29 is 10.2 Å². The molecule has 0 bridgehead atoms. The first-order chi connectivity index (χ1) is 7.79. The van der Waals surface area contributed by atoms with Gasteiger partial charge in [-0.1, -0.05) is 25.0 Å². The third kappa shape index (κ3) is 3.00. The maximum Gasteiger partial charge on any atom is 0.0681 e. The second kappa shape index (κ2) is 5.71. The molecule has 1 aliphatic carbocycles. The molecule has 2 nitrogen and oxygen atoms in total. The number of aliphatic hydroxyl groups excluding tert-OH is 2. The van der Waals surface area contributed by atoms with Crippen LogP contribution in [-0.2, 0) is 6.61 Å². The molecule has 1 aliphatic rings. The van der Waals surface area contributed by atoms with Crippen molar-refractivity contribution in [2.45, 2.75) is 48.5 Å². The van der Waals surface area contributed by atoms with Gasteiger partial charge in [0.1, 0.15) is 0 Å². The Labute approximate surface area is 101 Å². The fraction of sp³-hybridized carbons (Fsp3) is 0.538. The van der Waals surface area contributed by atoms with E-state index in [-0.39, 0.29) is 12.7 Å². The van der Waals surface area contributed by atoms with Gasteiger partial charge in [-0.25, -0.2) is 0 Å². The van der Waals surface area contributed by atoms with Crippen molar-refractivity contribution in [3.63, 3.8) is 0 Å². The van der Waals surface area contributed by atoms with Gasteiger partial charge in [0.2, 0.25) is 0 Å². The lowest BCUT2D eigenvalue weighted by Gasteiger charge is -2.26. The van der Waals surface area contributed by atoms with E-state index in [4.69, 9.17) is 5.11 Å². The van der Waals surface area contributed by atoms with Crippen molar-refractivity contribution in [1.29, 1.82) is 0 Å². The minimum Gasteiger partial charge on any atom is -0.392 e. The Morgan fingerprint density at radius 3 is 2.44 bits per heavy atom. The molecule has 1 fully saturated rings. The lowest BCUT2D eigenvalue weighted by Crippen LogP contribution is -2.26. The van der Waals surface area contributed by atoms with Gasteiger partial charge in [0, 0.05) is 10.1 Å². The topological polar surface area (TPSA) is 40.5 Å². The summed E-state index contributed by atoms with van der Waals surface area (Å²) in [5, 5.41) is 19.2. The van der Waals surface area contributed by atoms with Crippen LogP contribution in [0.2, 0.25) is 0 Å². The standard InChI is InChI=1S/C13H18O2S/c14-9-10-5-7-11(8-6-10)16-13-4-2-1-3-12(13)15/h5-8,12-15H,1-4,9H2. The molecule has 0 radical (unpaired) electrons. The average Bonchev–Trinajstić information content (AvgIpc) is 2.33. The molecule has 3 heteroatoms. The first-order valence-electron chi connectivity index (χ1n) is 5.84. The smallest absolute Gasteiger partial charge is 0.0681 e. The molecule has 0 heterocycles. The molecule has 16 heavy (non-hydrogen) atoms. The molecule has 0 spiro atoms. The van der Waals surface area contributed by atoms with Crippen LogP contribution in [0.3, 0.4) is 0 Å². The van der Waals surface area contributed by atoms with E-state index in [1.807, 2.05) is 24.3 Å². The van der Waals surface area contributed by atoms with E-state index in [0.29, 0.717) is 5.25 Å². The largest absolute Gasteiger partial charge is 0.392 e. The van der Waals surface area contributed by atoms with E-state index in [9.17, 15) is 5.11 Å².